The first-order valence-electron chi connectivity index (χ1n) is 8.06. The van der Waals surface area contributed by atoms with Crippen LogP contribution in [0.1, 0.15) is 36.5 Å². The van der Waals surface area contributed by atoms with E-state index in [-0.39, 0.29) is 23.8 Å². The molecule has 0 spiro atoms. The van der Waals surface area contributed by atoms with Gasteiger partial charge in [-0.2, -0.15) is 0 Å². The molecule has 0 radical (unpaired) electrons. The third-order valence-corrected chi connectivity index (χ3v) is 4.44. The van der Waals surface area contributed by atoms with Crippen molar-refractivity contribution in [3.63, 3.8) is 0 Å². The number of hydrogen-bond acceptors (Lipinski definition) is 3. The van der Waals surface area contributed by atoms with Crippen molar-refractivity contribution < 1.29 is 9.59 Å². The molecule has 3 rings (SSSR count). The molecular weight excluding hydrogens is 278 g/mol. The molecule has 1 aliphatic heterocycles. The lowest BCUT2D eigenvalue weighted by molar-refractivity contribution is -0.117. The van der Waals surface area contributed by atoms with Gasteiger partial charge in [0.25, 0.3) is 5.91 Å². The molecule has 2 atom stereocenters. The van der Waals surface area contributed by atoms with Crippen molar-refractivity contribution >= 4 is 17.5 Å². The number of rotatable bonds is 4. The summed E-state index contributed by atoms with van der Waals surface area (Å²) in [5.41, 5.74) is 1.29. The molecule has 1 saturated carbocycles. The van der Waals surface area contributed by atoms with Crippen molar-refractivity contribution in [2.45, 2.75) is 32.2 Å². The number of hydrogen-bond donors (Lipinski definition) is 3. The minimum absolute atomic E-state index is 0.0598. The third-order valence-electron chi connectivity index (χ3n) is 4.44. The summed E-state index contributed by atoms with van der Waals surface area (Å²) in [4.78, 5) is 24.2. The maximum absolute atomic E-state index is 12.4. The number of amides is 2. The van der Waals surface area contributed by atoms with Crippen molar-refractivity contribution in [1.82, 2.24) is 10.6 Å². The third kappa shape index (κ3) is 3.65. The number of piperidine rings is 1. The van der Waals surface area contributed by atoms with Crippen LogP contribution in [0.4, 0.5) is 5.69 Å². The molecule has 2 aliphatic rings. The topological polar surface area (TPSA) is 70.2 Å². The average Bonchev–Trinajstić information content (AvgIpc) is 3.34. The normalized spacial score (nSPS) is 24.6. The van der Waals surface area contributed by atoms with E-state index in [2.05, 4.69) is 22.9 Å². The molecule has 2 amide bonds. The standard InChI is InChI=1S/C17H23N3O2/c1-11-10-18-8-7-15(11)20-17(22)13-3-2-4-14(9-13)19-16(21)12-5-6-12/h2-4,9,11-12,15,18H,5-8,10H2,1H3,(H,19,21)(H,20,22). The molecule has 1 aromatic carbocycles. The largest absolute Gasteiger partial charge is 0.349 e. The second-order valence-corrected chi connectivity index (χ2v) is 6.39. The zero-order valence-electron chi connectivity index (χ0n) is 12.9. The lowest BCUT2D eigenvalue weighted by Crippen LogP contribution is -2.48. The Labute approximate surface area is 130 Å². The molecule has 0 bridgehead atoms. The van der Waals surface area contributed by atoms with Gasteiger partial charge in [0, 0.05) is 23.2 Å². The molecule has 22 heavy (non-hydrogen) atoms. The van der Waals surface area contributed by atoms with Crippen LogP contribution in [-0.4, -0.2) is 30.9 Å². The van der Waals surface area contributed by atoms with Crippen LogP contribution in [0.3, 0.4) is 0 Å². The van der Waals surface area contributed by atoms with Crippen LogP contribution in [0.25, 0.3) is 0 Å². The van der Waals surface area contributed by atoms with E-state index in [4.69, 9.17) is 0 Å². The molecular formula is C17H23N3O2. The fourth-order valence-electron chi connectivity index (χ4n) is 2.81. The van der Waals surface area contributed by atoms with Gasteiger partial charge in [0.15, 0.2) is 0 Å². The van der Waals surface area contributed by atoms with E-state index in [1.807, 2.05) is 12.1 Å². The fraction of sp³-hybridized carbons (Fsp3) is 0.529. The quantitative estimate of drug-likeness (QED) is 0.793. The van der Waals surface area contributed by atoms with Crippen molar-refractivity contribution in [3.05, 3.63) is 29.8 Å². The van der Waals surface area contributed by atoms with Crippen LogP contribution in [0.15, 0.2) is 24.3 Å². The predicted molar refractivity (Wildman–Crippen MR) is 85.7 cm³/mol. The summed E-state index contributed by atoms with van der Waals surface area (Å²) in [5, 5.41) is 9.32. The number of anilines is 1. The van der Waals surface area contributed by atoms with E-state index in [1.54, 1.807) is 12.1 Å². The lowest BCUT2D eigenvalue weighted by Gasteiger charge is -2.30. The maximum atomic E-state index is 12.4. The Balaban J connectivity index is 1.63. The van der Waals surface area contributed by atoms with Gasteiger partial charge < -0.3 is 16.0 Å². The van der Waals surface area contributed by atoms with E-state index in [1.165, 1.54) is 0 Å². The van der Waals surface area contributed by atoms with Crippen molar-refractivity contribution in [3.8, 4) is 0 Å². The number of carbonyl (C=O) groups is 2. The molecule has 3 N–H and O–H groups in total. The number of carbonyl (C=O) groups excluding carboxylic acids is 2. The van der Waals surface area contributed by atoms with Gasteiger partial charge in [-0.25, -0.2) is 0 Å². The van der Waals surface area contributed by atoms with Crippen molar-refractivity contribution in [2.75, 3.05) is 18.4 Å². The SMILES string of the molecule is CC1CNCCC1NC(=O)c1cccc(NC(=O)C2CC2)c1. The predicted octanol–water partition coefficient (Wildman–Crippen LogP) is 1.76. The molecule has 5 heteroatoms. The average molecular weight is 301 g/mol. The van der Waals surface area contributed by atoms with Gasteiger partial charge in [-0.3, -0.25) is 9.59 Å². The monoisotopic (exact) mass is 301 g/mol. The highest BCUT2D eigenvalue weighted by atomic mass is 16.2. The van der Waals surface area contributed by atoms with Crippen molar-refractivity contribution in [1.29, 1.82) is 0 Å². The van der Waals surface area contributed by atoms with E-state index >= 15 is 0 Å². The Morgan fingerprint density at radius 3 is 2.77 bits per heavy atom. The Bertz CT molecular complexity index is 569. The van der Waals surface area contributed by atoms with Gasteiger partial charge in [-0.15, -0.1) is 0 Å². The molecule has 2 unspecified atom stereocenters. The zero-order chi connectivity index (χ0) is 15.5. The van der Waals surface area contributed by atoms with Crippen molar-refractivity contribution in [2.24, 2.45) is 11.8 Å². The summed E-state index contributed by atoms with van der Waals surface area (Å²) in [6.07, 6.45) is 2.89. The Hall–Kier alpha value is -1.88. The van der Waals surface area contributed by atoms with Gasteiger partial charge in [0.1, 0.15) is 0 Å². The first-order chi connectivity index (χ1) is 10.6. The highest BCUT2D eigenvalue weighted by Crippen LogP contribution is 2.30. The molecule has 5 nitrogen and oxygen atoms in total. The Morgan fingerprint density at radius 2 is 2.05 bits per heavy atom. The first-order valence-corrected chi connectivity index (χ1v) is 8.06. The molecule has 1 aromatic rings. The van der Waals surface area contributed by atoms with Crippen LogP contribution in [-0.2, 0) is 4.79 Å². The Morgan fingerprint density at radius 1 is 1.23 bits per heavy atom. The van der Waals surface area contributed by atoms with Gasteiger partial charge in [-0.05, 0) is 56.5 Å². The smallest absolute Gasteiger partial charge is 0.251 e. The van der Waals surface area contributed by atoms with E-state index in [0.29, 0.717) is 17.2 Å². The van der Waals surface area contributed by atoms with Gasteiger partial charge in [-0.1, -0.05) is 13.0 Å². The molecule has 1 saturated heterocycles. The van der Waals surface area contributed by atoms with Crippen LogP contribution >= 0.6 is 0 Å². The first kappa shape index (κ1) is 15.0. The van der Waals surface area contributed by atoms with Gasteiger partial charge in [0.05, 0.1) is 0 Å². The number of nitrogens with one attached hydrogen (secondary N) is 3. The van der Waals surface area contributed by atoms with Crippen LogP contribution in [0.2, 0.25) is 0 Å². The van der Waals surface area contributed by atoms with E-state index < -0.39 is 0 Å². The van der Waals surface area contributed by atoms with Crippen LogP contribution in [0.5, 0.6) is 0 Å². The summed E-state index contributed by atoms with van der Waals surface area (Å²) < 4.78 is 0. The van der Waals surface area contributed by atoms with E-state index in [9.17, 15) is 9.59 Å². The summed E-state index contributed by atoms with van der Waals surface area (Å²) in [6, 6.07) is 7.38. The summed E-state index contributed by atoms with van der Waals surface area (Å²) >= 11 is 0. The van der Waals surface area contributed by atoms with Crippen LogP contribution in [0, 0.1) is 11.8 Å². The second kappa shape index (κ2) is 6.48. The minimum Gasteiger partial charge on any atom is -0.349 e. The molecule has 1 heterocycles. The number of benzene rings is 1. The zero-order valence-corrected chi connectivity index (χ0v) is 12.9. The molecule has 2 fully saturated rings. The fourth-order valence-corrected chi connectivity index (χ4v) is 2.81. The molecule has 1 aliphatic carbocycles. The Kier molecular flexibility index (Phi) is 4.43. The summed E-state index contributed by atoms with van der Waals surface area (Å²) in [5.74, 6) is 0.578. The van der Waals surface area contributed by atoms with Gasteiger partial charge >= 0.3 is 0 Å². The van der Waals surface area contributed by atoms with Crippen LogP contribution < -0.4 is 16.0 Å². The molecule has 118 valence electrons. The molecule has 0 aromatic heterocycles. The minimum atomic E-state index is -0.0683. The second-order valence-electron chi connectivity index (χ2n) is 6.39. The summed E-state index contributed by atoms with van der Waals surface area (Å²) in [6.45, 7) is 4.01. The highest BCUT2D eigenvalue weighted by molar-refractivity contribution is 5.98. The van der Waals surface area contributed by atoms with E-state index in [0.717, 1.165) is 32.4 Å². The maximum Gasteiger partial charge on any atom is 0.251 e. The highest BCUT2D eigenvalue weighted by Gasteiger charge is 2.29. The summed E-state index contributed by atoms with van der Waals surface area (Å²) in [7, 11) is 0. The van der Waals surface area contributed by atoms with Gasteiger partial charge in [0.2, 0.25) is 5.91 Å². The lowest BCUT2D eigenvalue weighted by atomic mass is 9.95.